The molecule has 4 aliphatic rings. The number of carbonyl (C=O) groups excluding carboxylic acids is 3. The van der Waals surface area contributed by atoms with Crippen molar-refractivity contribution >= 4 is 34.5 Å². The van der Waals surface area contributed by atoms with Crippen LogP contribution in [0.4, 0.5) is 0 Å². The molecular formula is C43H62N4O11. The predicted molar refractivity (Wildman–Crippen MR) is 212 cm³/mol. The molecule has 6 heterocycles. The number of hydrogen-bond acceptors (Lipinski definition) is 15. The van der Waals surface area contributed by atoms with Crippen molar-refractivity contribution in [3.63, 3.8) is 0 Å². The van der Waals surface area contributed by atoms with Gasteiger partial charge in [0.15, 0.2) is 6.29 Å². The smallest absolute Gasteiger partial charge is 0.311 e. The molecule has 320 valence electrons. The van der Waals surface area contributed by atoms with Crippen LogP contribution in [-0.4, -0.2) is 125 Å². The molecule has 58 heavy (non-hydrogen) atoms. The first kappa shape index (κ1) is 44.0. The Bertz CT molecular complexity index is 1820. The quantitative estimate of drug-likeness (QED) is 0.302. The molecule has 0 aliphatic carbocycles. The number of aliphatic hydroxyl groups is 1. The molecule has 15 nitrogen and oxygen atoms in total. The fourth-order valence-electron chi connectivity index (χ4n) is 9.75. The largest absolute Gasteiger partial charge is 0.458 e. The topological polar surface area (TPSA) is 177 Å². The minimum atomic E-state index is -1.24. The normalized spacial score (nSPS) is 40.0. The van der Waals surface area contributed by atoms with Gasteiger partial charge in [-0.25, -0.2) is 0 Å². The van der Waals surface area contributed by atoms with E-state index in [9.17, 15) is 19.5 Å². The van der Waals surface area contributed by atoms with Gasteiger partial charge in [0, 0.05) is 47.7 Å². The van der Waals surface area contributed by atoms with E-state index in [1.54, 1.807) is 26.2 Å². The van der Waals surface area contributed by atoms with E-state index in [1.165, 1.54) is 0 Å². The summed E-state index contributed by atoms with van der Waals surface area (Å²) in [5.41, 5.74) is 0.160. The first-order chi connectivity index (χ1) is 27.5. The average Bonchev–Trinajstić information content (AvgIpc) is 3.52. The van der Waals surface area contributed by atoms with Gasteiger partial charge in [-0.2, -0.15) is 0 Å². The van der Waals surface area contributed by atoms with Crippen LogP contribution >= 0.6 is 0 Å². The fraction of sp³-hybridized carbons (Fsp3) is 0.721. The van der Waals surface area contributed by atoms with Gasteiger partial charge in [-0.3, -0.25) is 24.4 Å². The second kappa shape index (κ2) is 17.9. The summed E-state index contributed by atoms with van der Waals surface area (Å²) < 4.78 is 39.0. The van der Waals surface area contributed by atoms with Crippen molar-refractivity contribution < 1.29 is 52.7 Å². The Kier molecular flexibility index (Phi) is 13.6. The highest BCUT2D eigenvalue weighted by Crippen LogP contribution is 2.46. The third kappa shape index (κ3) is 8.95. The van der Waals surface area contributed by atoms with E-state index in [0.717, 1.165) is 11.1 Å². The Balaban J connectivity index is 1.41. The molecule has 4 saturated heterocycles. The Morgan fingerprint density at radius 2 is 1.78 bits per heavy atom. The SMILES string of the molecule is CC[C@H]1OC(=O)[C@H](C)[C@H]2OC/C(=N/OCc3ccnc4cccnc34)CO[C@](C)(C[C@@H](C)C(=O)[C@H](C)[C@@H]3CC(=O)O[C@]13C)[C@H](O[C@@H]1O[C@H](C)C[C@H](N(C)C)[C@H]1O)[C@@H]2C. The van der Waals surface area contributed by atoms with Gasteiger partial charge in [0.25, 0.3) is 0 Å². The zero-order valence-corrected chi connectivity index (χ0v) is 35.6. The number of carbonyl (C=O) groups is 3. The minimum absolute atomic E-state index is 0.0231. The van der Waals surface area contributed by atoms with E-state index >= 15 is 0 Å². The summed E-state index contributed by atoms with van der Waals surface area (Å²) >= 11 is 0. The zero-order valence-electron chi connectivity index (χ0n) is 35.6. The van der Waals surface area contributed by atoms with Crippen molar-refractivity contribution in [3.8, 4) is 0 Å². The highest BCUT2D eigenvalue weighted by molar-refractivity contribution is 5.87. The van der Waals surface area contributed by atoms with E-state index in [-0.39, 0.29) is 50.6 Å². The molecule has 2 aromatic heterocycles. The highest BCUT2D eigenvalue weighted by Gasteiger charge is 2.57. The second-order valence-corrected chi connectivity index (χ2v) is 17.5. The monoisotopic (exact) mass is 810 g/mol. The van der Waals surface area contributed by atoms with Gasteiger partial charge in [-0.15, -0.1) is 0 Å². The molecule has 4 fully saturated rings. The van der Waals surface area contributed by atoms with Crippen LogP contribution in [0.2, 0.25) is 0 Å². The summed E-state index contributed by atoms with van der Waals surface area (Å²) in [6.45, 7) is 14.8. The lowest BCUT2D eigenvalue weighted by atomic mass is 9.70. The molecular weight excluding hydrogens is 748 g/mol. The summed E-state index contributed by atoms with van der Waals surface area (Å²) in [4.78, 5) is 58.6. The molecule has 0 spiro atoms. The molecule has 14 atom stereocenters. The number of ketones is 1. The number of ether oxygens (including phenoxy) is 6. The molecule has 0 radical (unpaired) electrons. The Labute approximate surface area is 341 Å². The molecule has 15 heteroatoms. The average molecular weight is 811 g/mol. The van der Waals surface area contributed by atoms with Crippen molar-refractivity contribution in [2.75, 3.05) is 27.3 Å². The van der Waals surface area contributed by atoms with Crippen LogP contribution in [0.3, 0.4) is 0 Å². The van der Waals surface area contributed by atoms with Gasteiger partial charge in [-0.05, 0) is 79.3 Å². The van der Waals surface area contributed by atoms with Crippen LogP contribution in [0.1, 0.15) is 86.6 Å². The van der Waals surface area contributed by atoms with E-state index in [2.05, 4.69) is 15.1 Å². The van der Waals surface area contributed by atoms with Crippen LogP contribution in [0.15, 0.2) is 35.7 Å². The number of esters is 2. The lowest BCUT2D eigenvalue weighted by Gasteiger charge is -2.48. The number of aliphatic hydroxyl groups excluding tert-OH is 1. The first-order valence-electron chi connectivity index (χ1n) is 20.7. The standard InChI is InChI=1S/C43H62N4O11/c1-11-33-43(8)30(18-34(48)58-43)25(4)36(49)23(2)19-42(7)39(57-41-37(50)32(47(9)10)17-24(3)55-41)26(5)38(27(6)40(51)56-33)52-21-29(22-53-42)46-54-20-28-14-16-44-31-13-12-15-45-35(28)31/h12-16,23-27,30,32-33,37-39,41,50H,11,17-22H2,1-10H3/b46-29-/t23-,24-,25-,26-,27-,30+,32+,33-,37-,38+,39-,41+,42-,43+/m1/s1. The molecule has 1 N–H and O–H groups in total. The second-order valence-electron chi connectivity index (χ2n) is 17.5. The maximum absolute atomic E-state index is 14.6. The predicted octanol–water partition coefficient (Wildman–Crippen LogP) is 4.65. The van der Waals surface area contributed by atoms with E-state index in [0.29, 0.717) is 24.1 Å². The maximum Gasteiger partial charge on any atom is 0.311 e. The van der Waals surface area contributed by atoms with Crippen LogP contribution in [0.5, 0.6) is 0 Å². The molecule has 6 rings (SSSR count). The number of oxime groups is 1. The minimum Gasteiger partial charge on any atom is -0.458 e. The molecule has 4 aliphatic heterocycles. The van der Waals surface area contributed by atoms with Crippen molar-refractivity contribution in [2.24, 2.45) is 34.7 Å². The van der Waals surface area contributed by atoms with E-state index in [4.69, 9.17) is 33.3 Å². The van der Waals surface area contributed by atoms with Crippen molar-refractivity contribution in [2.45, 2.75) is 142 Å². The summed E-state index contributed by atoms with van der Waals surface area (Å²) in [7, 11) is 3.81. The number of Topliss-reactive ketones (excluding diaryl/α,β-unsaturated/α-hetero) is 1. The summed E-state index contributed by atoms with van der Waals surface area (Å²) in [6.07, 6.45) is -0.329. The van der Waals surface area contributed by atoms with Crippen LogP contribution < -0.4 is 0 Å². The van der Waals surface area contributed by atoms with Crippen molar-refractivity contribution in [1.82, 2.24) is 14.9 Å². The van der Waals surface area contributed by atoms with Gasteiger partial charge >= 0.3 is 11.9 Å². The molecule has 2 bridgehead atoms. The van der Waals surface area contributed by atoms with Gasteiger partial charge in [-0.1, -0.05) is 32.9 Å². The summed E-state index contributed by atoms with van der Waals surface area (Å²) in [5, 5.41) is 16.2. The zero-order chi connectivity index (χ0) is 42.1. The van der Waals surface area contributed by atoms with Crippen LogP contribution in [0, 0.1) is 29.6 Å². The third-order valence-corrected chi connectivity index (χ3v) is 13.0. The Morgan fingerprint density at radius 3 is 2.50 bits per heavy atom. The summed E-state index contributed by atoms with van der Waals surface area (Å²) in [5.74, 6) is -4.28. The number of cyclic esters (lactones) is 1. The number of aromatic nitrogens is 2. The lowest BCUT2D eigenvalue weighted by Crippen LogP contribution is -2.60. The highest BCUT2D eigenvalue weighted by atomic mass is 16.7. The number of pyridine rings is 2. The fourth-order valence-corrected chi connectivity index (χ4v) is 9.75. The van der Waals surface area contributed by atoms with E-state index < -0.39 is 83.4 Å². The molecule has 2 aromatic rings. The van der Waals surface area contributed by atoms with Crippen LogP contribution in [0.25, 0.3) is 11.0 Å². The maximum atomic E-state index is 14.6. The van der Waals surface area contributed by atoms with Crippen LogP contribution in [-0.2, 0) is 54.2 Å². The van der Waals surface area contributed by atoms with Crippen molar-refractivity contribution in [3.05, 3.63) is 36.2 Å². The number of fused-ring (bicyclic) bond motifs is 5. The number of likely N-dealkylation sites (N-methyl/N-ethyl adjacent to an activating group) is 1. The lowest BCUT2D eigenvalue weighted by molar-refractivity contribution is -0.302. The molecule has 0 unspecified atom stereocenters. The van der Waals surface area contributed by atoms with Gasteiger partial charge < -0.3 is 43.3 Å². The number of nitrogens with zero attached hydrogens (tertiary/aromatic N) is 4. The van der Waals surface area contributed by atoms with Gasteiger partial charge in [0.1, 0.15) is 35.9 Å². The summed E-state index contributed by atoms with van der Waals surface area (Å²) in [6, 6.07) is 5.26. The number of hydrogen-bond donors (Lipinski definition) is 1. The molecule has 0 saturated carbocycles. The third-order valence-electron chi connectivity index (χ3n) is 13.0. The molecule has 0 aromatic carbocycles. The van der Waals surface area contributed by atoms with Crippen molar-refractivity contribution in [1.29, 1.82) is 0 Å². The van der Waals surface area contributed by atoms with Gasteiger partial charge in [0.2, 0.25) is 0 Å². The van der Waals surface area contributed by atoms with E-state index in [1.807, 2.05) is 78.7 Å². The van der Waals surface area contributed by atoms with Gasteiger partial charge in [0.05, 0.1) is 60.5 Å². The Hall–Kier alpha value is -3.60. The Morgan fingerprint density at radius 1 is 1.02 bits per heavy atom. The number of rotatable bonds is 7. The molecule has 0 amide bonds. The first-order valence-corrected chi connectivity index (χ1v) is 20.7.